The summed E-state index contributed by atoms with van der Waals surface area (Å²) in [5.74, 6) is -0.310. The lowest BCUT2D eigenvalue weighted by molar-refractivity contribution is 0.0600. The van der Waals surface area contributed by atoms with Crippen LogP contribution in [0.3, 0.4) is 0 Å². The maximum Gasteiger partial charge on any atom is 0.337 e. The van der Waals surface area contributed by atoms with Crippen molar-refractivity contribution >= 4 is 29.1 Å². The molecule has 7 heteroatoms. The van der Waals surface area contributed by atoms with Gasteiger partial charge < -0.3 is 15.4 Å². The van der Waals surface area contributed by atoms with Gasteiger partial charge in [-0.05, 0) is 54.4 Å². The Morgan fingerprint density at radius 2 is 1.75 bits per heavy atom. The molecule has 0 radical (unpaired) electrons. The summed E-state index contributed by atoms with van der Waals surface area (Å²) in [4.78, 5) is 23.9. The van der Waals surface area contributed by atoms with Crippen LogP contribution in [0.4, 0.5) is 17.2 Å². The summed E-state index contributed by atoms with van der Waals surface area (Å²) in [6.45, 7) is 2.07. The van der Waals surface area contributed by atoms with Crippen LogP contribution in [0, 0.1) is 0 Å². The molecule has 0 aliphatic rings. The summed E-state index contributed by atoms with van der Waals surface area (Å²) in [6, 6.07) is 17.7. The number of rotatable bonds is 6. The van der Waals surface area contributed by atoms with Crippen molar-refractivity contribution in [2.24, 2.45) is 0 Å². The van der Waals surface area contributed by atoms with Gasteiger partial charge >= 0.3 is 5.97 Å². The van der Waals surface area contributed by atoms with Crippen LogP contribution in [0.2, 0.25) is 0 Å². The molecular weight excluding hydrogens is 356 g/mol. The third kappa shape index (κ3) is 4.70. The van der Waals surface area contributed by atoms with Gasteiger partial charge in [-0.15, -0.1) is 10.2 Å². The van der Waals surface area contributed by atoms with E-state index in [4.69, 9.17) is 4.74 Å². The Morgan fingerprint density at radius 1 is 0.964 bits per heavy atom. The first kappa shape index (κ1) is 19.0. The van der Waals surface area contributed by atoms with Crippen LogP contribution in [0.5, 0.6) is 0 Å². The highest BCUT2D eigenvalue weighted by Gasteiger charge is 2.10. The second kappa shape index (κ2) is 8.77. The number of carbonyl (C=O) groups is 2. The predicted octanol–water partition coefficient (Wildman–Crippen LogP) is 3.82. The molecule has 0 aliphatic carbocycles. The van der Waals surface area contributed by atoms with E-state index in [1.165, 1.54) is 12.7 Å². The van der Waals surface area contributed by atoms with Crippen LogP contribution in [0.1, 0.15) is 33.3 Å². The van der Waals surface area contributed by atoms with E-state index in [-0.39, 0.29) is 11.6 Å². The Morgan fingerprint density at radius 3 is 2.39 bits per heavy atom. The molecule has 0 saturated heterocycles. The lowest BCUT2D eigenvalue weighted by Crippen LogP contribution is -2.14. The number of aryl methyl sites for hydroxylation is 1. The topological polar surface area (TPSA) is 93.2 Å². The molecule has 28 heavy (non-hydrogen) atoms. The number of esters is 1. The Hall–Kier alpha value is -3.74. The normalized spacial score (nSPS) is 10.2. The molecule has 142 valence electrons. The maximum absolute atomic E-state index is 12.3. The molecule has 7 nitrogen and oxygen atoms in total. The fourth-order valence-electron chi connectivity index (χ4n) is 2.53. The number of amides is 1. The van der Waals surface area contributed by atoms with Crippen molar-refractivity contribution in [1.82, 2.24) is 10.2 Å². The van der Waals surface area contributed by atoms with Gasteiger partial charge in [0.1, 0.15) is 0 Å². The maximum atomic E-state index is 12.3. The highest BCUT2D eigenvalue weighted by Crippen LogP contribution is 2.17. The summed E-state index contributed by atoms with van der Waals surface area (Å²) in [7, 11) is 1.33. The predicted molar refractivity (Wildman–Crippen MR) is 107 cm³/mol. The van der Waals surface area contributed by atoms with Gasteiger partial charge in [-0.2, -0.15) is 0 Å². The van der Waals surface area contributed by atoms with Crippen LogP contribution in [0.25, 0.3) is 0 Å². The first-order valence-corrected chi connectivity index (χ1v) is 8.78. The van der Waals surface area contributed by atoms with Gasteiger partial charge in [0.05, 0.1) is 12.7 Å². The molecule has 0 saturated carbocycles. The van der Waals surface area contributed by atoms with E-state index in [2.05, 4.69) is 27.8 Å². The van der Waals surface area contributed by atoms with Crippen LogP contribution in [-0.2, 0) is 11.2 Å². The van der Waals surface area contributed by atoms with E-state index < -0.39 is 5.97 Å². The number of aromatic nitrogens is 2. The summed E-state index contributed by atoms with van der Waals surface area (Å²) in [5, 5.41) is 13.8. The van der Waals surface area contributed by atoms with Crippen LogP contribution in [0.15, 0.2) is 60.7 Å². The molecule has 0 atom stereocenters. The quantitative estimate of drug-likeness (QED) is 0.635. The highest BCUT2D eigenvalue weighted by atomic mass is 16.5. The fourth-order valence-corrected chi connectivity index (χ4v) is 2.53. The van der Waals surface area contributed by atoms with Crippen molar-refractivity contribution < 1.29 is 14.3 Å². The van der Waals surface area contributed by atoms with E-state index in [0.717, 1.165) is 6.42 Å². The minimum absolute atomic E-state index is 0.202. The molecular formula is C21H20N4O3. The highest BCUT2D eigenvalue weighted by molar-refractivity contribution is 6.02. The zero-order chi connectivity index (χ0) is 19.9. The summed E-state index contributed by atoms with van der Waals surface area (Å²) in [6.07, 6.45) is 0.941. The van der Waals surface area contributed by atoms with Gasteiger partial charge in [0.25, 0.3) is 5.91 Å². The van der Waals surface area contributed by atoms with Gasteiger partial charge in [0.15, 0.2) is 11.5 Å². The minimum Gasteiger partial charge on any atom is -0.465 e. The van der Waals surface area contributed by atoms with E-state index in [1.807, 2.05) is 24.3 Å². The molecule has 0 fully saturated rings. The zero-order valence-corrected chi connectivity index (χ0v) is 15.6. The second-order valence-corrected chi connectivity index (χ2v) is 6.01. The van der Waals surface area contributed by atoms with Crippen LogP contribution < -0.4 is 10.6 Å². The Labute approximate surface area is 162 Å². The fraction of sp³-hybridized carbons (Fsp3) is 0.143. The average Bonchev–Trinajstić information content (AvgIpc) is 2.74. The van der Waals surface area contributed by atoms with E-state index >= 15 is 0 Å². The molecule has 0 unspecified atom stereocenters. The molecule has 0 spiro atoms. The van der Waals surface area contributed by atoms with E-state index in [9.17, 15) is 9.59 Å². The third-order valence-corrected chi connectivity index (χ3v) is 4.07. The van der Waals surface area contributed by atoms with Gasteiger partial charge in [-0.25, -0.2) is 4.79 Å². The molecule has 2 N–H and O–H groups in total. The van der Waals surface area contributed by atoms with E-state index in [1.54, 1.807) is 36.4 Å². The number of hydrogen-bond donors (Lipinski definition) is 2. The molecule has 1 heterocycles. The van der Waals surface area contributed by atoms with Crippen molar-refractivity contribution in [3.05, 3.63) is 77.5 Å². The van der Waals surface area contributed by atoms with Gasteiger partial charge in [0, 0.05) is 11.4 Å². The summed E-state index contributed by atoms with van der Waals surface area (Å²) >= 11 is 0. The Balaban J connectivity index is 1.65. The first-order valence-electron chi connectivity index (χ1n) is 8.78. The van der Waals surface area contributed by atoms with Crippen molar-refractivity contribution in [2.75, 3.05) is 17.7 Å². The van der Waals surface area contributed by atoms with Crippen molar-refractivity contribution in [1.29, 1.82) is 0 Å². The number of methoxy groups -OCH3 is 1. The minimum atomic E-state index is -0.422. The molecule has 1 aromatic heterocycles. The van der Waals surface area contributed by atoms with Crippen molar-refractivity contribution in [3.8, 4) is 0 Å². The zero-order valence-electron chi connectivity index (χ0n) is 15.6. The van der Waals surface area contributed by atoms with Crippen molar-refractivity contribution in [3.63, 3.8) is 0 Å². The Kier molecular flexibility index (Phi) is 5.96. The summed E-state index contributed by atoms with van der Waals surface area (Å²) < 4.78 is 4.71. The number of anilines is 3. The second-order valence-electron chi connectivity index (χ2n) is 6.01. The number of nitrogens with one attached hydrogen (secondary N) is 2. The smallest absolute Gasteiger partial charge is 0.337 e. The standard InChI is InChI=1S/C21H20N4O3/c1-3-14-7-9-16(10-8-14)23-20(26)18-11-12-19(25-24-18)22-17-6-4-5-15(13-17)21(27)28-2/h4-13H,3H2,1-2H3,(H,22,25)(H,23,26). The SMILES string of the molecule is CCc1ccc(NC(=O)c2ccc(Nc3cccc(C(=O)OC)c3)nn2)cc1. The number of benzene rings is 2. The lowest BCUT2D eigenvalue weighted by atomic mass is 10.1. The first-order chi connectivity index (χ1) is 13.6. The Bertz CT molecular complexity index is 970. The molecule has 3 aromatic rings. The summed E-state index contributed by atoms with van der Waals surface area (Å²) in [5.41, 5.74) is 3.18. The van der Waals surface area contributed by atoms with Gasteiger partial charge in [-0.3, -0.25) is 4.79 Å². The lowest BCUT2D eigenvalue weighted by Gasteiger charge is -2.08. The van der Waals surface area contributed by atoms with Crippen LogP contribution >= 0.6 is 0 Å². The van der Waals surface area contributed by atoms with Gasteiger partial charge in [-0.1, -0.05) is 25.1 Å². The number of nitrogens with zero attached hydrogens (tertiary/aromatic N) is 2. The molecule has 2 aromatic carbocycles. The number of hydrogen-bond acceptors (Lipinski definition) is 6. The monoisotopic (exact) mass is 376 g/mol. The number of carbonyl (C=O) groups excluding carboxylic acids is 2. The molecule has 3 rings (SSSR count). The molecule has 0 aliphatic heterocycles. The molecule has 0 bridgehead atoms. The number of ether oxygens (including phenoxy) is 1. The van der Waals surface area contributed by atoms with Gasteiger partial charge in [0.2, 0.25) is 0 Å². The average molecular weight is 376 g/mol. The van der Waals surface area contributed by atoms with E-state index in [0.29, 0.717) is 22.8 Å². The van der Waals surface area contributed by atoms with Crippen molar-refractivity contribution in [2.45, 2.75) is 13.3 Å². The molecule has 1 amide bonds. The third-order valence-electron chi connectivity index (χ3n) is 4.07. The van der Waals surface area contributed by atoms with Crippen LogP contribution in [-0.4, -0.2) is 29.2 Å². The largest absolute Gasteiger partial charge is 0.465 e.